The number of phenolic OH excluding ortho intramolecular Hbond substituents is 2. The van der Waals surface area contributed by atoms with Gasteiger partial charge in [-0.2, -0.15) is 0 Å². The molecular weight excluding hydrogens is 378 g/mol. The van der Waals surface area contributed by atoms with Crippen molar-refractivity contribution in [2.75, 3.05) is 44.7 Å². The van der Waals surface area contributed by atoms with Crippen molar-refractivity contribution in [3.05, 3.63) is 52.1 Å². The second kappa shape index (κ2) is 8.78. The highest BCUT2D eigenvalue weighted by Gasteiger charge is 2.23. The molecule has 1 saturated heterocycles. The Morgan fingerprint density at radius 1 is 1.14 bits per heavy atom. The lowest BCUT2D eigenvalue weighted by molar-refractivity contribution is -0.386. The molecule has 29 heavy (non-hydrogen) atoms. The van der Waals surface area contributed by atoms with E-state index in [4.69, 9.17) is 4.74 Å². The van der Waals surface area contributed by atoms with E-state index in [0.29, 0.717) is 6.54 Å². The molecule has 0 aromatic heterocycles. The molecule has 1 aliphatic heterocycles. The Balaban J connectivity index is 1.53. The molecule has 0 atom stereocenters. The molecule has 9 nitrogen and oxygen atoms in total. The lowest BCUT2D eigenvalue weighted by atomic mass is 10.1. The number of carbonyl (C=O) groups excluding carboxylic acids is 1. The second-order valence-corrected chi connectivity index (χ2v) is 6.82. The molecule has 0 saturated carbocycles. The highest BCUT2D eigenvalue weighted by atomic mass is 16.6. The molecule has 0 bridgehead atoms. The maximum Gasteiger partial charge on any atom is 0.315 e. The number of nitro groups is 1. The second-order valence-electron chi connectivity index (χ2n) is 6.82. The van der Waals surface area contributed by atoms with E-state index in [-0.39, 0.29) is 17.8 Å². The van der Waals surface area contributed by atoms with Crippen LogP contribution in [0.15, 0.2) is 36.4 Å². The summed E-state index contributed by atoms with van der Waals surface area (Å²) in [4.78, 5) is 26.9. The molecule has 1 heterocycles. The number of rotatable bonds is 7. The van der Waals surface area contributed by atoms with Crippen LogP contribution in [0.25, 0.3) is 0 Å². The van der Waals surface area contributed by atoms with Gasteiger partial charge in [-0.25, -0.2) is 0 Å². The molecule has 154 valence electrons. The fourth-order valence-corrected chi connectivity index (χ4v) is 3.33. The number of hydrogen-bond donors (Lipinski definition) is 2. The first-order valence-corrected chi connectivity index (χ1v) is 9.24. The Kier molecular flexibility index (Phi) is 6.18. The van der Waals surface area contributed by atoms with Crippen molar-refractivity contribution in [3.8, 4) is 17.2 Å². The molecule has 2 aromatic rings. The maximum atomic E-state index is 12.4. The van der Waals surface area contributed by atoms with Crippen molar-refractivity contribution in [1.82, 2.24) is 4.90 Å². The van der Waals surface area contributed by atoms with Gasteiger partial charge in [0.25, 0.3) is 0 Å². The van der Waals surface area contributed by atoms with Crippen molar-refractivity contribution in [2.45, 2.75) is 6.42 Å². The predicted molar refractivity (Wildman–Crippen MR) is 107 cm³/mol. The number of ether oxygens (including phenoxy) is 1. The largest absolute Gasteiger partial charge is 0.504 e. The van der Waals surface area contributed by atoms with Crippen LogP contribution in [-0.2, 0) is 0 Å². The fourth-order valence-electron chi connectivity index (χ4n) is 3.33. The zero-order valence-electron chi connectivity index (χ0n) is 16.1. The minimum absolute atomic E-state index is 0.0175. The van der Waals surface area contributed by atoms with E-state index in [9.17, 15) is 25.1 Å². The number of carbonyl (C=O) groups is 1. The van der Waals surface area contributed by atoms with Crippen LogP contribution in [-0.4, -0.2) is 65.7 Å². The zero-order chi connectivity index (χ0) is 21.0. The van der Waals surface area contributed by atoms with Gasteiger partial charge >= 0.3 is 5.69 Å². The number of phenols is 2. The Labute approximate surface area is 167 Å². The van der Waals surface area contributed by atoms with Crippen LogP contribution in [0, 0.1) is 10.1 Å². The van der Waals surface area contributed by atoms with E-state index in [1.54, 1.807) is 7.11 Å². The van der Waals surface area contributed by atoms with Crippen LogP contribution in [0.4, 0.5) is 11.4 Å². The highest BCUT2D eigenvalue weighted by molar-refractivity contribution is 5.97. The summed E-state index contributed by atoms with van der Waals surface area (Å²) >= 11 is 0. The number of aromatic hydroxyl groups is 2. The van der Waals surface area contributed by atoms with Crippen molar-refractivity contribution in [2.24, 2.45) is 0 Å². The lowest BCUT2D eigenvalue weighted by Gasteiger charge is -2.36. The smallest absolute Gasteiger partial charge is 0.315 e. The number of Topliss-reactive ketones (excluding diaryl/α,β-unsaturated/α-hetero) is 1. The Bertz CT molecular complexity index is 892. The van der Waals surface area contributed by atoms with Gasteiger partial charge in [0, 0.05) is 56.5 Å². The molecule has 9 heteroatoms. The summed E-state index contributed by atoms with van der Waals surface area (Å²) in [5, 5.41) is 30.1. The van der Waals surface area contributed by atoms with Gasteiger partial charge in [0.15, 0.2) is 11.5 Å². The summed E-state index contributed by atoms with van der Waals surface area (Å²) in [6.07, 6.45) is 0.171. The summed E-state index contributed by atoms with van der Waals surface area (Å²) in [5.74, 6) is -1.01. The van der Waals surface area contributed by atoms with Crippen LogP contribution >= 0.6 is 0 Å². The number of hydrogen-bond acceptors (Lipinski definition) is 8. The summed E-state index contributed by atoms with van der Waals surface area (Å²) in [5.41, 5.74) is 0.457. The van der Waals surface area contributed by atoms with Crippen molar-refractivity contribution in [1.29, 1.82) is 0 Å². The van der Waals surface area contributed by atoms with E-state index < -0.39 is 22.1 Å². The summed E-state index contributed by atoms with van der Waals surface area (Å²) in [6, 6.07) is 9.94. The Morgan fingerprint density at radius 2 is 1.79 bits per heavy atom. The number of ketones is 1. The molecule has 0 aliphatic carbocycles. The van der Waals surface area contributed by atoms with Crippen LogP contribution < -0.4 is 9.64 Å². The molecular formula is C20H23N3O6. The number of nitrogens with zero attached hydrogens (tertiary/aromatic N) is 3. The molecule has 0 radical (unpaired) electrons. The lowest BCUT2D eigenvalue weighted by Crippen LogP contribution is -2.46. The third kappa shape index (κ3) is 4.75. The number of nitro benzene ring substituents is 1. The maximum absolute atomic E-state index is 12.4. The van der Waals surface area contributed by atoms with Gasteiger partial charge in [0.1, 0.15) is 5.75 Å². The van der Waals surface area contributed by atoms with Crippen LogP contribution in [0.3, 0.4) is 0 Å². The number of benzene rings is 2. The predicted octanol–water partition coefficient (Wildman–Crippen LogP) is 2.41. The van der Waals surface area contributed by atoms with Gasteiger partial charge in [-0.05, 0) is 30.3 Å². The first-order valence-electron chi connectivity index (χ1n) is 9.24. The SMILES string of the molecule is COc1ccc(N2CCN(CCC(=O)c3cc(O)c(O)c([N+](=O)[O-])c3)CC2)cc1. The van der Waals surface area contributed by atoms with E-state index >= 15 is 0 Å². The van der Waals surface area contributed by atoms with E-state index in [1.165, 1.54) is 0 Å². The number of piperazine rings is 1. The van der Waals surface area contributed by atoms with E-state index in [1.807, 2.05) is 24.3 Å². The molecule has 2 N–H and O–H groups in total. The van der Waals surface area contributed by atoms with Crippen molar-refractivity contribution in [3.63, 3.8) is 0 Å². The summed E-state index contributed by atoms with van der Waals surface area (Å²) in [7, 11) is 1.63. The van der Waals surface area contributed by atoms with Crippen LogP contribution in [0.2, 0.25) is 0 Å². The first kappa shape index (κ1) is 20.4. The van der Waals surface area contributed by atoms with E-state index in [2.05, 4.69) is 9.80 Å². The van der Waals surface area contributed by atoms with Crippen molar-refractivity contribution < 1.29 is 24.7 Å². The zero-order valence-corrected chi connectivity index (χ0v) is 16.1. The fraction of sp³-hybridized carbons (Fsp3) is 0.350. The molecule has 0 unspecified atom stereocenters. The Morgan fingerprint density at radius 3 is 2.38 bits per heavy atom. The highest BCUT2D eigenvalue weighted by Crippen LogP contribution is 2.36. The van der Waals surface area contributed by atoms with Crippen molar-refractivity contribution >= 4 is 17.2 Å². The molecule has 0 amide bonds. The number of anilines is 1. The molecule has 1 aliphatic rings. The molecule has 1 fully saturated rings. The van der Waals surface area contributed by atoms with Gasteiger partial charge in [-0.1, -0.05) is 0 Å². The van der Waals surface area contributed by atoms with Gasteiger partial charge in [-0.15, -0.1) is 0 Å². The van der Waals surface area contributed by atoms with Gasteiger partial charge < -0.3 is 19.8 Å². The quantitative estimate of drug-likeness (QED) is 0.314. The first-order chi connectivity index (χ1) is 13.9. The normalized spacial score (nSPS) is 14.6. The third-order valence-electron chi connectivity index (χ3n) is 5.05. The molecule has 2 aromatic carbocycles. The summed E-state index contributed by atoms with van der Waals surface area (Å²) < 4.78 is 5.17. The summed E-state index contributed by atoms with van der Waals surface area (Å²) in [6.45, 7) is 3.75. The number of methoxy groups -OCH3 is 1. The topological polar surface area (TPSA) is 116 Å². The third-order valence-corrected chi connectivity index (χ3v) is 5.05. The van der Waals surface area contributed by atoms with Gasteiger partial charge in [0.2, 0.25) is 5.75 Å². The van der Waals surface area contributed by atoms with Gasteiger partial charge in [0.05, 0.1) is 12.0 Å². The molecule has 3 rings (SSSR count). The van der Waals surface area contributed by atoms with Crippen LogP contribution in [0.1, 0.15) is 16.8 Å². The standard InChI is InChI=1S/C20H23N3O6/c1-29-16-4-2-15(3-5-16)22-10-8-21(9-11-22)7-6-18(24)14-12-17(23(27)28)20(26)19(25)13-14/h2-5,12-13,25-26H,6-11H2,1H3. The van der Waals surface area contributed by atoms with Crippen LogP contribution in [0.5, 0.6) is 17.2 Å². The average molecular weight is 401 g/mol. The molecule has 0 spiro atoms. The minimum Gasteiger partial charge on any atom is -0.504 e. The monoisotopic (exact) mass is 401 g/mol. The Hall–Kier alpha value is -3.33. The van der Waals surface area contributed by atoms with E-state index in [0.717, 1.165) is 49.7 Å². The minimum atomic E-state index is -0.832. The van der Waals surface area contributed by atoms with Gasteiger partial charge in [-0.3, -0.25) is 19.8 Å². The average Bonchev–Trinajstić information content (AvgIpc) is 2.74.